The number of nitrogens with zero attached hydrogens (tertiary/aromatic N) is 3. The number of fused-ring (bicyclic) bond motifs is 2. The number of hydrogen-bond donors (Lipinski definition) is 1. The third-order valence-electron chi connectivity index (χ3n) is 4.90. The van der Waals surface area contributed by atoms with Crippen molar-refractivity contribution in [2.75, 3.05) is 0 Å². The molecule has 4 atom stereocenters. The van der Waals surface area contributed by atoms with Gasteiger partial charge < -0.3 is 5.73 Å². The summed E-state index contributed by atoms with van der Waals surface area (Å²) in [6.07, 6.45) is 8.15. The Balaban J connectivity index is 1.67. The van der Waals surface area contributed by atoms with Crippen molar-refractivity contribution in [1.29, 1.82) is 0 Å². The van der Waals surface area contributed by atoms with Crippen LogP contribution in [0.1, 0.15) is 51.4 Å². The van der Waals surface area contributed by atoms with Crippen LogP contribution in [0.4, 0.5) is 0 Å². The Hall–Kier alpha value is -0.900. The molecular formula is C14H24N4. The summed E-state index contributed by atoms with van der Waals surface area (Å²) in [5, 5.41) is 4.29. The third-order valence-corrected chi connectivity index (χ3v) is 4.90. The lowest BCUT2D eigenvalue weighted by Gasteiger charge is -2.27. The van der Waals surface area contributed by atoms with Gasteiger partial charge in [-0.1, -0.05) is 6.42 Å². The molecule has 2 aliphatic carbocycles. The number of aromatic nitrogens is 3. The topological polar surface area (TPSA) is 56.7 Å². The van der Waals surface area contributed by atoms with E-state index in [1.54, 1.807) is 6.33 Å². The second-order valence-corrected chi connectivity index (χ2v) is 6.42. The van der Waals surface area contributed by atoms with Crippen LogP contribution < -0.4 is 5.73 Å². The van der Waals surface area contributed by atoms with Gasteiger partial charge in [0, 0.05) is 18.5 Å². The molecule has 1 aromatic rings. The molecule has 3 rings (SSSR count). The Kier molecular flexibility index (Phi) is 3.14. The number of nitrogens with two attached hydrogens (primary N) is 1. The van der Waals surface area contributed by atoms with Gasteiger partial charge in [0.25, 0.3) is 0 Å². The van der Waals surface area contributed by atoms with Gasteiger partial charge in [0.05, 0.1) is 0 Å². The van der Waals surface area contributed by atoms with E-state index in [4.69, 9.17) is 5.73 Å². The fraction of sp³-hybridized carbons (Fsp3) is 0.857. The van der Waals surface area contributed by atoms with Gasteiger partial charge in [0.1, 0.15) is 12.2 Å². The highest BCUT2D eigenvalue weighted by Crippen LogP contribution is 2.49. The van der Waals surface area contributed by atoms with E-state index in [1.165, 1.54) is 25.7 Å². The van der Waals surface area contributed by atoms with Crippen molar-refractivity contribution in [2.45, 2.75) is 58.0 Å². The molecule has 4 heteroatoms. The molecule has 0 radical (unpaired) electrons. The van der Waals surface area contributed by atoms with Crippen LogP contribution in [-0.2, 0) is 6.42 Å². The quantitative estimate of drug-likeness (QED) is 0.888. The van der Waals surface area contributed by atoms with Gasteiger partial charge in [0.2, 0.25) is 0 Å². The van der Waals surface area contributed by atoms with Crippen LogP contribution in [-0.4, -0.2) is 20.8 Å². The van der Waals surface area contributed by atoms with E-state index in [2.05, 4.69) is 23.9 Å². The zero-order valence-corrected chi connectivity index (χ0v) is 11.4. The predicted octanol–water partition coefficient (Wildman–Crippen LogP) is 2.17. The highest BCUT2D eigenvalue weighted by atomic mass is 15.3. The Morgan fingerprint density at radius 2 is 2.22 bits per heavy atom. The van der Waals surface area contributed by atoms with Gasteiger partial charge in [0.15, 0.2) is 0 Å². The van der Waals surface area contributed by atoms with Gasteiger partial charge >= 0.3 is 0 Å². The Bertz CT molecular complexity index is 412. The summed E-state index contributed by atoms with van der Waals surface area (Å²) >= 11 is 0. The van der Waals surface area contributed by atoms with Gasteiger partial charge in [-0.3, -0.25) is 0 Å². The molecule has 0 aliphatic heterocycles. The minimum Gasteiger partial charge on any atom is -0.327 e. The molecule has 1 heterocycles. The summed E-state index contributed by atoms with van der Waals surface area (Å²) in [5.74, 6) is 3.63. The monoisotopic (exact) mass is 248 g/mol. The molecule has 18 heavy (non-hydrogen) atoms. The first-order valence-corrected chi connectivity index (χ1v) is 7.29. The molecule has 0 amide bonds. The summed E-state index contributed by atoms with van der Waals surface area (Å²) in [6, 6.07) is 0.636. The molecule has 100 valence electrons. The molecular weight excluding hydrogens is 224 g/mol. The predicted molar refractivity (Wildman–Crippen MR) is 71.0 cm³/mol. The zero-order chi connectivity index (χ0) is 12.7. The standard InChI is InChI=1S/C14H24N4/c1-9(2)18-14(16-8-17-18)7-13(15)12-6-10-3-4-11(12)5-10/h8-13H,3-7,15H2,1-2H3. The molecule has 0 spiro atoms. The first-order valence-electron chi connectivity index (χ1n) is 7.29. The summed E-state index contributed by atoms with van der Waals surface area (Å²) in [5.41, 5.74) is 6.44. The highest BCUT2D eigenvalue weighted by Gasteiger charge is 2.42. The summed E-state index contributed by atoms with van der Waals surface area (Å²) in [7, 11) is 0. The van der Waals surface area contributed by atoms with E-state index in [0.717, 1.165) is 30.0 Å². The average Bonchev–Trinajstić information content (AvgIpc) is 3.03. The summed E-state index contributed by atoms with van der Waals surface area (Å²) < 4.78 is 2.01. The minimum absolute atomic E-state index is 0.266. The van der Waals surface area contributed by atoms with E-state index < -0.39 is 0 Å². The zero-order valence-electron chi connectivity index (χ0n) is 11.4. The van der Waals surface area contributed by atoms with Gasteiger partial charge in [-0.25, -0.2) is 9.67 Å². The Morgan fingerprint density at radius 1 is 1.39 bits per heavy atom. The molecule has 2 aliphatic rings. The van der Waals surface area contributed by atoms with Crippen LogP contribution in [0.2, 0.25) is 0 Å². The van der Waals surface area contributed by atoms with Crippen LogP contribution >= 0.6 is 0 Å². The van der Waals surface area contributed by atoms with Crippen molar-refractivity contribution in [3.63, 3.8) is 0 Å². The highest BCUT2D eigenvalue weighted by molar-refractivity contribution is 4.99. The molecule has 2 fully saturated rings. The van der Waals surface area contributed by atoms with Crippen LogP contribution in [0.15, 0.2) is 6.33 Å². The van der Waals surface area contributed by atoms with E-state index in [9.17, 15) is 0 Å². The van der Waals surface area contributed by atoms with Crippen LogP contribution in [0.5, 0.6) is 0 Å². The maximum Gasteiger partial charge on any atom is 0.138 e. The number of hydrogen-bond acceptors (Lipinski definition) is 3. The largest absolute Gasteiger partial charge is 0.327 e. The van der Waals surface area contributed by atoms with Gasteiger partial charge in [-0.05, 0) is 50.9 Å². The van der Waals surface area contributed by atoms with E-state index in [1.807, 2.05) is 4.68 Å². The second kappa shape index (κ2) is 4.65. The first-order chi connectivity index (χ1) is 8.65. The molecule has 4 unspecified atom stereocenters. The maximum atomic E-state index is 6.44. The molecule has 0 saturated heterocycles. The van der Waals surface area contributed by atoms with Crippen LogP contribution in [0.25, 0.3) is 0 Å². The lowest BCUT2D eigenvalue weighted by atomic mass is 9.82. The fourth-order valence-corrected chi connectivity index (χ4v) is 4.03. The summed E-state index contributed by atoms with van der Waals surface area (Å²) in [4.78, 5) is 4.38. The van der Waals surface area contributed by atoms with Gasteiger partial charge in [-0.2, -0.15) is 5.10 Å². The van der Waals surface area contributed by atoms with Crippen LogP contribution in [0, 0.1) is 17.8 Å². The lowest BCUT2D eigenvalue weighted by molar-refractivity contribution is 0.275. The lowest BCUT2D eigenvalue weighted by Crippen LogP contribution is -2.36. The van der Waals surface area contributed by atoms with E-state index in [0.29, 0.717) is 6.04 Å². The van der Waals surface area contributed by atoms with Crippen molar-refractivity contribution in [1.82, 2.24) is 14.8 Å². The molecule has 2 N–H and O–H groups in total. The second-order valence-electron chi connectivity index (χ2n) is 6.42. The fourth-order valence-electron chi connectivity index (χ4n) is 4.03. The van der Waals surface area contributed by atoms with Crippen molar-refractivity contribution in [3.8, 4) is 0 Å². The maximum absolute atomic E-state index is 6.44. The molecule has 1 aromatic heterocycles. The smallest absolute Gasteiger partial charge is 0.138 e. The van der Waals surface area contributed by atoms with Gasteiger partial charge in [-0.15, -0.1) is 0 Å². The molecule has 4 nitrogen and oxygen atoms in total. The van der Waals surface area contributed by atoms with Crippen LogP contribution in [0.3, 0.4) is 0 Å². The van der Waals surface area contributed by atoms with Crippen molar-refractivity contribution in [2.24, 2.45) is 23.5 Å². The van der Waals surface area contributed by atoms with E-state index >= 15 is 0 Å². The van der Waals surface area contributed by atoms with Crippen molar-refractivity contribution >= 4 is 0 Å². The molecule has 2 saturated carbocycles. The minimum atomic E-state index is 0.266. The first kappa shape index (κ1) is 12.2. The van der Waals surface area contributed by atoms with Crippen molar-refractivity contribution in [3.05, 3.63) is 12.2 Å². The molecule has 0 aromatic carbocycles. The normalized spacial score (nSPS) is 32.3. The average molecular weight is 248 g/mol. The summed E-state index contributed by atoms with van der Waals surface area (Å²) in [6.45, 7) is 4.28. The number of rotatable bonds is 4. The Labute approximate surface area is 109 Å². The molecule has 2 bridgehead atoms. The van der Waals surface area contributed by atoms with E-state index in [-0.39, 0.29) is 6.04 Å². The SMILES string of the molecule is CC(C)n1ncnc1CC(N)C1CC2CCC1C2. The Morgan fingerprint density at radius 3 is 2.83 bits per heavy atom. The van der Waals surface area contributed by atoms with Crippen molar-refractivity contribution < 1.29 is 0 Å². The third kappa shape index (κ3) is 2.07.